The minimum atomic E-state index is -1.14. The summed E-state index contributed by atoms with van der Waals surface area (Å²) >= 11 is 0. The summed E-state index contributed by atoms with van der Waals surface area (Å²) in [5.41, 5.74) is 6.73. The Bertz CT molecular complexity index is 1310. The van der Waals surface area contributed by atoms with E-state index in [1.165, 1.54) is 0 Å². The van der Waals surface area contributed by atoms with Gasteiger partial charge < -0.3 is 25.3 Å². The molecule has 0 unspecified atom stereocenters. The molecule has 5 aromatic rings. The van der Waals surface area contributed by atoms with Crippen molar-refractivity contribution in [2.75, 3.05) is 0 Å². The van der Waals surface area contributed by atoms with Crippen molar-refractivity contribution in [1.82, 2.24) is 10.2 Å². The number of carboxylic acid groups (broad SMARTS) is 2. The molecule has 0 radical (unpaired) electrons. The monoisotopic (exact) mass is 573 g/mol. The Morgan fingerprint density at radius 3 is 1.15 bits per heavy atom. The van der Waals surface area contributed by atoms with Crippen molar-refractivity contribution in [1.29, 1.82) is 0 Å². The zero-order valence-electron chi connectivity index (χ0n) is 21.8. The molecule has 0 spiro atoms. The van der Waals surface area contributed by atoms with E-state index < -0.39 is 11.9 Å². The first-order chi connectivity index (χ1) is 17.8. The van der Waals surface area contributed by atoms with Gasteiger partial charge in [-0.1, -0.05) is 109 Å². The molecule has 39 heavy (non-hydrogen) atoms. The fraction of sp³-hybridized carbons (Fsp3) is 0.0645. The Kier molecular flexibility index (Phi) is 13.8. The van der Waals surface area contributed by atoms with Crippen LogP contribution in [0.2, 0.25) is 0 Å². The first-order valence-corrected chi connectivity index (χ1v) is 11.6. The summed E-state index contributed by atoms with van der Waals surface area (Å²) in [4.78, 5) is 21.1. The molecule has 0 aliphatic rings. The first-order valence-electron chi connectivity index (χ1n) is 11.6. The molecule has 0 amide bonds. The average Bonchev–Trinajstić information content (AvgIpc) is 3.32. The van der Waals surface area contributed by atoms with Crippen LogP contribution >= 0.6 is 0 Å². The van der Waals surface area contributed by atoms with E-state index in [0.717, 1.165) is 33.6 Å². The maximum Gasteiger partial charge on any atom is 2.00 e. The fourth-order valence-electron chi connectivity index (χ4n) is 3.41. The predicted octanol–water partition coefficient (Wildman–Crippen LogP) is 3.54. The number of hydrogen-bond donors (Lipinski definition) is 1. The van der Waals surface area contributed by atoms with Gasteiger partial charge in [0.25, 0.3) is 0 Å². The van der Waals surface area contributed by atoms with Crippen molar-refractivity contribution < 1.29 is 44.8 Å². The number of carbonyl (C=O) groups excluding carboxylic acids is 2. The molecule has 8 heteroatoms. The third kappa shape index (κ3) is 10.5. The second-order valence-electron chi connectivity index (χ2n) is 8.15. The van der Waals surface area contributed by atoms with Gasteiger partial charge in [0, 0.05) is 5.69 Å². The number of hydrogen-bond acceptors (Lipinski definition) is 5. The smallest absolute Gasteiger partial charge is 0.545 e. The van der Waals surface area contributed by atoms with Gasteiger partial charge in [-0.25, -0.2) is 0 Å². The van der Waals surface area contributed by atoms with Crippen LogP contribution in [0.25, 0.3) is 22.3 Å². The topological polar surface area (TPSA) is 142 Å². The molecule has 0 saturated heterocycles. The number of carboxylic acids is 2. The van der Waals surface area contributed by atoms with E-state index in [-0.39, 0.29) is 36.1 Å². The number of carbonyl (C=O) groups is 2. The maximum atomic E-state index is 10.5. The third-order valence-electron chi connectivity index (χ3n) is 5.29. The minimum Gasteiger partial charge on any atom is -0.545 e. The van der Waals surface area contributed by atoms with E-state index in [0.29, 0.717) is 0 Å². The summed E-state index contributed by atoms with van der Waals surface area (Å²) in [5.74, 6) is -2.29. The molecule has 0 aliphatic carbocycles. The first kappa shape index (κ1) is 32.6. The molecule has 1 aromatic heterocycles. The van der Waals surface area contributed by atoms with Crippen molar-refractivity contribution in [3.63, 3.8) is 0 Å². The van der Waals surface area contributed by atoms with Crippen molar-refractivity contribution in [2.45, 2.75) is 13.8 Å². The number of aryl methyl sites for hydroxylation is 2. The molecule has 0 aliphatic heterocycles. The van der Waals surface area contributed by atoms with Gasteiger partial charge in [0.1, 0.15) is 0 Å². The van der Waals surface area contributed by atoms with Gasteiger partial charge in [0.05, 0.1) is 17.6 Å². The SMILES string of the molecule is Cc1cc(C)[nH]n1.O=C([O-])c1ccc(-c2ccccc2)cc1.O=C([O-])c1ccc(-c2ccccc2)cc1.[OH3+].[Zn+2]. The van der Waals surface area contributed by atoms with E-state index in [2.05, 4.69) is 10.2 Å². The summed E-state index contributed by atoms with van der Waals surface area (Å²) in [5, 5.41) is 27.8. The predicted molar refractivity (Wildman–Crippen MR) is 145 cm³/mol. The molecular formula is C31H29N2O5Zn+. The molecule has 194 valence electrons. The minimum absolute atomic E-state index is 0. The summed E-state index contributed by atoms with van der Waals surface area (Å²) in [6.07, 6.45) is 0. The van der Waals surface area contributed by atoms with Crippen LogP contribution in [0.5, 0.6) is 0 Å². The second-order valence-corrected chi connectivity index (χ2v) is 8.15. The number of aromatic nitrogens is 2. The van der Waals surface area contributed by atoms with Gasteiger partial charge in [-0.3, -0.25) is 5.10 Å². The molecule has 5 rings (SSSR count). The molecule has 7 nitrogen and oxygen atoms in total. The van der Waals surface area contributed by atoms with Crippen LogP contribution < -0.4 is 10.2 Å². The van der Waals surface area contributed by atoms with E-state index in [4.69, 9.17) is 0 Å². The van der Waals surface area contributed by atoms with Gasteiger partial charge in [0.2, 0.25) is 0 Å². The Morgan fingerprint density at radius 1 is 0.590 bits per heavy atom. The van der Waals surface area contributed by atoms with Gasteiger partial charge in [0.15, 0.2) is 0 Å². The van der Waals surface area contributed by atoms with E-state index in [1.807, 2.05) is 80.6 Å². The van der Waals surface area contributed by atoms with Crippen molar-refractivity contribution in [2.24, 2.45) is 0 Å². The largest absolute Gasteiger partial charge is 2.00 e. The van der Waals surface area contributed by atoms with Crippen LogP contribution in [-0.2, 0) is 25.0 Å². The van der Waals surface area contributed by atoms with Crippen LogP contribution in [-0.4, -0.2) is 22.1 Å². The maximum absolute atomic E-state index is 10.5. The zero-order valence-corrected chi connectivity index (χ0v) is 24.8. The van der Waals surface area contributed by atoms with Gasteiger partial charge in [-0.15, -0.1) is 0 Å². The molecule has 0 bridgehead atoms. The average molecular weight is 575 g/mol. The number of H-pyrrole nitrogens is 1. The molecule has 4 aromatic carbocycles. The van der Waals surface area contributed by atoms with Gasteiger partial charge >= 0.3 is 19.5 Å². The van der Waals surface area contributed by atoms with Crippen LogP contribution in [0.4, 0.5) is 0 Å². The number of benzene rings is 4. The molecule has 0 saturated carbocycles. The second kappa shape index (κ2) is 16.5. The molecule has 0 atom stereocenters. The van der Waals surface area contributed by atoms with Crippen molar-refractivity contribution in [3.05, 3.63) is 138 Å². The molecular weight excluding hydrogens is 546 g/mol. The standard InChI is InChI=1S/2C13H10O2.C5H8N2.H2O.Zn/c2*14-13(15)12-8-6-11(7-9-12)10-4-2-1-3-5-10;1-4-3-5(2)7-6-4;;/h2*1-9H,(H,14,15);3H,1-2H3,(H,6,7);1H2;/q;;;;+2/p-1. The number of nitrogens with one attached hydrogen (secondary N) is 1. The summed E-state index contributed by atoms with van der Waals surface area (Å²) in [6.45, 7) is 3.95. The van der Waals surface area contributed by atoms with Crippen LogP contribution in [0.1, 0.15) is 32.1 Å². The van der Waals surface area contributed by atoms with Crippen LogP contribution in [0.15, 0.2) is 115 Å². The summed E-state index contributed by atoms with van der Waals surface area (Å²) < 4.78 is 0. The number of nitrogens with zero attached hydrogens (tertiary/aromatic N) is 1. The Hall–Kier alpha value is -4.39. The van der Waals surface area contributed by atoms with E-state index >= 15 is 0 Å². The Labute approximate surface area is 240 Å². The Balaban J connectivity index is 0.000000303. The number of aromatic amines is 1. The Morgan fingerprint density at radius 2 is 0.923 bits per heavy atom. The van der Waals surface area contributed by atoms with Gasteiger partial charge in [-0.2, -0.15) is 5.10 Å². The third-order valence-corrected chi connectivity index (χ3v) is 5.29. The quantitative estimate of drug-likeness (QED) is 0.258. The summed E-state index contributed by atoms with van der Waals surface area (Å²) in [7, 11) is 0. The zero-order chi connectivity index (χ0) is 26.6. The summed E-state index contributed by atoms with van der Waals surface area (Å²) in [6, 6.07) is 34.9. The van der Waals surface area contributed by atoms with Crippen molar-refractivity contribution in [3.8, 4) is 22.3 Å². The van der Waals surface area contributed by atoms with E-state index in [9.17, 15) is 19.8 Å². The van der Waals surface area contributed by atoms with Crippen LogP contribution in [0, 0.1) is 13.8 Å². The fourth-order valence-corrected chi connectivity index (χ4v) is 3.41. The van der Waals surface area contributed by atoms with E-state index in [1.54, 1.807) is 48.5 Å². The molecule has 4 N–H and O–H groups in total. The van der Waals surface area contributed by atoms with Crippen LogP contribution in [0.3, 0.4) is 0 Å². The number of rotatable bonds is 4. The molecule has 0 fully saturated rings. The van der Waals surface area contributed by atoms with Crippen molar-refractivity contribution >= 4 is 11.9 Å². The number of aromatic carboxylic acids is 2. The molecule has 1 heterocycles. The normalized spacial score (nSPS) is 9.28. The van der Waals surface area contributed by atoms with Gasteiger partial charge in [-0.05, 0) is 53.3 Å².